The Hall–Kier alpha value is -1.04. The third-order valence-corrected chi connectivity index (χ3v) is 17.3. The number of fused-ring (bicyclic) bond motifs is 4. The molecule has 164 valence electrons. The van der Waals surface area contributed by atoms with Gasteiger partial charge in [0.25, 0.3) is 0 Å². The van der Waals surface area contributed by atoms with Crippen molar-refractivity contribution in [2.75, 3.05) is 19.0 Å². The van der Waals surface area contributed by atoms with Crippen LogP contribution in [0.2, 0.25) is 0 Å². The maximum absolute atomic E-state index is 8.43. The van der Waals surface area contributed by atoms with Crippen LogP contribution in [0.15, 0.2) is 48.5 Å². The van der Waals surface area contributed by atoms with Gasteiger partial charge >= 0.3 is 0 Å². The van der Waals surface area contributed by atoms with Crippen LogP contribution in [-0.4, -0.2) is 24.4 Å². The maximum Gasteiger partial charge on any atom is 0.158 e. The van der Waals surface area contributed by atoms with E-state index < -0.39 is 6.62 Å². The first-order valence-corrected chi connectivity index (χ1v) is 15.1. The summed E-state index contributed by atoms with van der Waals surface area (Å²) in [7, 11) is 4.33. The van der Waals surface area contributed by atoms with Gasteiger partial charge < -0.3 is 4.90 Å². The number of rotatable bonds is 5. The predicted octanol–water partition coefficient (Wildman–Crippen LogP) is 7.88. The lowest BCUT2D eigenvalue weighted by atomic mass is 9.99. The van der Waals surface area contributed by atoms with E-state index >= 15 is 0 Å². The highest BCUT2D eigenvalue weighted by Gasteiger charge is 2.76. The van der Waals surface area contributed by atoms with Crippen molar-refractivity contribution in [1.82, 2.24) is 0 Å². The zero-order valence-corrected chi connectivity index (χ0v) is 20.8. The predicted molar refractivity (Wildman–Crippen MR) is 137 cm³/mol. The highest BCUT2D eigenvalue weighted by atomic mass is 35.7. The van der Waals surface area contributed by atoms with E-state index in [1.165, 1.54) is 81.0 Å². The topological polar surface area (TPSA) is 3.24 Å². The van der Waals surface area contributed by atoms with Gasteiger partial charge in [-0.3, -0.25) is 0 Å². The lowest BCUT2D eigenvalue weighted by molar-refractivity contribution is 0.473. The van der Waals surface area contributed by atoms with Crippen LogP contribution >= 0.6 is 17.9 Å². The van der Waals surface area contributed by atoms with Crippen LogP contribution < -0.4 is 10.2 Å². The quantitative estimate of drug-likeness (QED) is 0.417. The SMILES string of the molecule is CN(C)c1ccccc1-c1ccccc1[P+](Cl)(C12CCC(CC1)C2)C12CCC(CC1)C2. The average Bonchev–Trinajstić information content (AvgIpc) is 3.60. The molecule has 6 rings (SSSR count). The van der Waals surface area contributed by atoms with E-state index in [2.05, 4.69) is 67.5 Å². The fourth-order valence-corrected chi connectivity index (χ4v) is 15.8. The van der Waals surface area contributed by atoms with Crippen LogP contribution in [0.25, 0.3) is 11.1 Å². The van der Waals surface area contributed by atoms with Crippen molar-refractivity contribution in [2.45, 2.75) is 74.5 Å². The normalized spacial score (nSPS) is 35.5. The first kappa shape index (κ1) is 20.6. The summed E-state index contributed by atoms with van der Waals surface area (Å²) in [6, 6.07) is 18.3. The summed E-state index contributed by atoms with van der Waals surface area (Å²) in [6.07, 6.45) is 14.0. The second kappa shape index (κ2) is 7.23. The Balaban J connectivity index is 1.60. The number of anilines is 1. The molecule has 4 saturated carbocycles. The van der Waals surface area contributed by atoms with Gasteiger partial charge in [-0.15, -0.1) is 0 Å². The van der Waals surface area contributed by atoms with E-state index in [0.29, 0.717) is 10.3 Å². The number of benzene rings is 2. The Morgan fingerprint density at radius 1 is 0.742 bits per heavy atom. The number of para-hydroxylation sites is 1. The summed E-state index contributed by atoms with van der Waals surface area (Å²) in [5.74, 6) is 1.88. The van der Waals surface area contributed by atoms with Crippen molar-refractivity contribution < 1.29 is 0 Å². The van der Waals surface area contributed by atoms with Crippen LogP contribution in [0.5, 0.6) is 0 Å². The molecular formula is C28H36ClNP+. The Labute approximate surface area is 193 Å². The van der Waals surface area contributed by atoms with Crippen LogP contribution in [0.4, 0.5) is 5.69 Å². The van der Waals surface area contributed by atoms with Crippen LogP contribution in [0.1, 0.15) is 64.2 Å². The monoisotopic (exact) mass is 452 g/mol. The second-order valence-corrected chi connectivity index (χ2v) is 16.3. The van der Waals surface area contributed by atoms with Gasteiger partial charge in [-0.25, -0.2) is 0 Å². The van der Waals surface area contributed by atoms with Gasteiger partial charge in [0, 0.05) is 30.9 Å². The van der Waals surface area contributed by atoms with E-state index in [4.69, 9.17) is 11.2 Å². The Morgan fingerprint density at radius 3 is 1.71 bits per heavy atom. The third-order valence-electron chi connectivity index (χ3n) is 9.63. The number of nitrogens with zero attached hydrogens (tertiary/aromatic N) is 1. The Bertz CT molecular complexity index is 952. The summed E-state index contributed by atoms with van der Waals surface area (Å²) in [5.41, 5.74) is 4.09. The molecule has 3 heteroatoms. The van der Waals surface area contributed by atoms with Crippen molar-refractivity contribution in [1.29, 1.82) is 0 Å². The molecule has 2 aromatic carbocycles. The van der Waals surface area contributed by atoms with Gasteiger partial charge in [0.1, 0.15) is 15.6 Å². The van der Waals surface area contributed by atoms with Crippen LogP contribution in [-0.2, 0) is 0 Å². The highest BCUT2D eigenvalue weighted by Crippen LogP contribution is 2.91. The molecule has 0 saturated heterocycles. The van der Waals surface area contributed by atoms with Crippen molar-refractivity contribution in [3.05, 3.63) is 48.5 Å². The van der Waals surface area contributed by atoms with Gasteiger partial charge in [0.15, 0.2) is 6.62 Å². The molecule has 4 aliphatic carbocycles. The largest absolute Gasteiger partial charge is 0.377 e. The molecule has 0 unspecified atom stereocenters. The zero-order chi connectivity index (χ0) is 21.3. The van der Waals surface area contributed by atoms with Gasteiger partial charge in [0.05, 0.1) is 11.2 Å². The molecule has 1 nitrogen and oxygen atoms in total. The fraction of sp³-hybridized carbons (Fsp3) is 0.571. The Kier molecular flexibility index (Phi) is 4.79. The van der Waals surface area contributed by atoms with Crippen molar-refractivity contribution in [3.63, 3.8) is 0 Å². The lowest BCUT2D eigenvalue weighted by Gasteiger charge is -2.47. The van der Waals surface area contributed by atoms with E-state index in [0.717, 1.165) is 11.8 Å². The van der Waals surface area contributed by atoms with E-state index in [9.17, 15) is 0 Å². The number of halogens is 1. The minimum absolute atomic E-state index is 0.390. The van der Waals surface area contributed by atoms with Crippen molar-refractivity contribution in [2.24, 2.45) is 11.8 Å². The maximum atomic E-state index is 8.43. The van der Waals surface area contributed by atoms with E-state index in [1.807, 2.05) is 0 Å². The summed E-state index contributed by atoms with van der Waals surface area (Å²) < 4.78 is 0. The van der Waals surface area contributed by atoms with Gasteiger partial charge in [-0.05, 0) is 88.2 Å². The minimum Gasteiger partial charge on any atom is -0.377 e. The van der Waals surface area contributed by atoms with E-state index in [1.54, 1.807) is 5.30 Å². The van der Waals surface area contributed by atoms with Crippen LogP contribution in [0, 0.1) is 11.8 Å². The van der Waals surface area contributed by atoms with Gasteiger partial charge in [-0.1, -0.05) is 36.4 Å². The molecule has 4 aliphatic rings. The fourth-order valence-electron chi connectivity index (χ4n) is 8.26. The van der Waals surface area contributed by atoms with Crippen LogP contribution in [0.3, 0.4) is 0 Å². The average molecular weight is 453 g/mol. The lowest BCUT2D eigenvalue weighted by Crippen LogP contribution is -2.43. The number of hydrogen-bond acceptors (Lipinski definition) is 1. The molecule has 4 fully saturated rings. The van der Waals surface area contributed by atoms with Gasteiger partial charge in [0.2, 0.25) is 0 Å². The first-order chi connectivity index (χ1) is 15.0. The smallest absolute Gasteiger partial charge is 0.158 e. The molecule has 4 bridgehead atoms. The molecule has 0 aliphatic heterocycles. The standard InChI is InChI=1S/C28H36ClNP/c1-30(2)25-9-5-3-7-23(25)24-8-4-6-10-26(24)31(29,27-15-11-21(19-27)12-16-27)28-17-13-22(20-28)14-18-28/h3-10,21-22H,11-20H2,1-2H3/q+1. The Morgan fingerprint density at radius 2 is 1.23 bits per heavy atom. The van der Waals surface area contributed by atoms with Crippen molar-refractivity contribution in [3.8, 4) is 11.1 Å². The minimum atomic E-state index is -1.90. The molecule has 0 N–H and O–H groups in total. The molecule has 0 radical (unpaired) electrons. The molecular weight excluding hydrogens is 417 g/mol. The molecule has 0 amide bonds. The molecule has 0 spiro atoms. The second-order valence-electron chi connectivity index (χ2n) is 11.3. The number of hydrogen-bond donors (Lipinski definition) is 0. The molecule has 0 atom stereocenters. The first-order valence-electron chi connectivity index (χ1n) is 12.4. The van der Waals surface area contributed by atoms with Crippen molar-refractivity contribution >= 4 is 28.8 Å². The summed E-state index contributed by atoms with van der Waals surface area (Å²) >= 11 is 8.43. The molecule has 0 aromatic heterocycles. The summed E-state index contributed by atoms with van der Waals surface area (Å²) in [6.45, 7) is -1.90. The highest BCUT2D eigenvalue weighted by molar-refractivity contribution is 8.06. The zero-order valence-electron chi connectivity index (χ0n) is 19.1. The molecule has 2 aromatic rings. The van der Waals surface area contributed by atoms with E-state index in [-0.39, 0.29) is 0 Å². The molecule has 31 heavy (non-hydrogen) atoms. The third kappa shape index (κ3) is 2.78. The summed E-state index contributed by atoms with van der Waals surface area (Å²) in [5, 5.41) is 2.33. The molecule has 0 heterocycles. The summed E-state index contributed by atoms with van der Waals surface area (Å²) in [4.78, 5) is 2.26. The van der Waals surface area contributed by atoms with Gasteiger partial charge in [-0.2, -0.15) is 0 Å².